The van der Waals surface area contributed by atoms with Gasteiger partial charge >= 0.3 is 5.97 Å². The summed E-state index contributed by atoms with van der Waals surface area (Å²) in [6.45, 7) is 0.0336. The summed E-state index contributed by atoms with van der Waals surface area (Å²) in [7, 11) is 0. The quantitative estimate of drug-likeness (QED) is 0.609. The predicted octanol–water partition coefficient (Wildman–Crippen LogP) is 2.55. The summed E-state index contributed by atoms with van der Waals surface area (Å²) in [5.41, 5.74) is 3.47. The SMILES string of the molecule is O=C(OCc1ccccc1)C1=NNC2C(=O)N(c3cc(Cl)cc(Cl)c3)C(=O)C12. The van der Waals surface area contributed by atoms with Gasteiger partial charge in [0.25, 0.3) is 5.91 Å². The summed E-state index contributed by atoms with van der Waals surface area (Å²) >= 11 is 12.0. The standard InChI is InChI=1S/C19H13Cl2N3O4/c20-11-6-12(21)8-13(7-11)24-17(25)14-15(18(24)26)22-23-16(14)19(27)28-9-10-4-2-1-3-5-10/h1-8,14-15,22H,9H2. The van der Waals surface area contributed by atoms with Crippen molar-refractivity contribution >= 4 is 52.4 Å². The number of nitrogens with zero attached hydrogens (tertiary/aromatic N) is 2. The van der Waals surface area contributed by atoms with Crippen molar-refractivity contribution in [2.24, 2.45) is 11.0 Å². The first-order chi connectivity index (χ1) is 13.5. The molecule has 9 heteroatoms. The number of carbonyl (C=O) groups excluding carboxylic acids is 3. The van der Waals surface area contributed by atoms with E-state index in [4.69, 9.17) is 27.9 Å². The number of benzene rings is 2. The van der Waals surface area contributed by atoms with Gasteiger partial charge in [-0.1, -0.05) is 53.5 Å². The fourth-order valence-electron chi connectivity index (χ4n) is 3.18. The van der Waals surface area contributed by atoms with Gasteiger partial charge in [0.1, 0.15) is 18.6 Å². The Hall–Kier alpha value is -2.90. The largest absolute Gasteiger partial charge is 0.456 e. The highest BCUT2D eigenvalue weighted by Crippen LogP contribution is 2.33. The van der Waals surface area contributed by atoms with Gasteiger partial charge in [-0.05, 0) is 23.8 Å². The lowest BCUT2D eigenvalue weighted by atomic mass is 9.99. The van der Waals surface area contributed by atoms with E-state index in [1.807, 2.05) is 18.2 Å². The van der Waals surface area contributed by atoms with E-state index in [1.54, 1.807) is 12.1 Å². The van der Waals surface area contributed by atoms with Gasteiger partial charge in [-0.2, -0.15) is 5.10 Å². The molecule has 0 aliphatic carbocycles. The number of hydrogen-bond acceptors (Lipinski definition) is 6. The predicted molar refractivity (Wildman–Crippen MR) is 103 cm³/mol. The number of ether oxygens (including phenoxy) is 1. The first-order valence-corrected chi connectivity index (χ1v) is 9.09. The molecule has 2 aliphatic heterocycles. The summed E-state index contributed by atoms with van der Waals surface area (Å²) in [5, 5.41) is 4.43. The van der Waals surface area contributed by atoms with Crippen molar-refractivity contribution < 1.29 is 19.1 Å². The maximum atomic E-state index is 12.9. The number of halogens is 2. The molecule has 2 amide bonds. The molecule has 0 radical (unpaired) electrons. The van der Waals surface area contributed by atoms with E-state index in [1.165, 1.54) is 18.2 Å². The van der Waals surface area contributed by atoms with Gasteiger partial charge in [-0.15, -0.1) is 0 Å². The molecule has 2 unspecified atom stereocenters. The minimum Gasteiger partial charge on any atom is -0.456 e. The maximum absolute atomic E-state index is 12.9. The number of imide groups is 1. The molecule has 0 spiro atoms. The summed E-state index contributed by atoms with van der Waals surface area (Å²) in [4.78, 5) is 39.0. The Morgan fingerprint density at radius 3 is 2.43 bits per heavy atom. The molecule has 2 aromatic rings. The zero-order chi connectivity index (χ0) is 19.8. The normalized spacial score (nSPS) is 20.6. The van der Waals surface area contributed by atoms with Crippen LogP contribution in [0.4, 0.5) is 5.69 Å². The zero-order valence-electron chi connectivity index (χ0n) is 14.3. The minimum absolute atomic E-state index is 0.0336. The van der Waals surface area contributed by atoms with E-state index >= 15 is 0 Å². The van der Waals surface area contributed by atoms with Crippen LogP contribution in [-0.2, 0) is 25.7 Å². The zero-order valence-corrected chi connectivity index (χ0v) is 15.8. The van der Waals surface area contributed by atoms with Gasteiger partial charge in [0.2, 0.25) is 5.91 Å². The van der Waals surface area contributed by atoms with Crippen LogP contribution in [0, 0.1) is 5.92 Å². The van der Waals surface area contributed by atoms with E-state index in [-0.39, 0.29) is 28.1 Å². The van der Waals surface area contributed by atoms with E-state index in [2.05, 4.69) is 10.5 Å². The van der Waals surface area contributed by atoms with Gasteiger partial charge in [0.05, 0.1) is 5.69 Å². The number of esters is 1. The molecule has 0 aromatic heterocycles. The van der Waals surface area contributed by atoms with Crippen molar-refractivity contribution in [1.82, 2.24) is 5.43 Å². The third kappa shape index (κ3) is 3.23. The van der Waals surface area contributed by atoms with Gasteiger partial charge in [0.15, 0.2) is 5.71 Å². The molecule has 1 saturated heterocycles. The minimum atomic E-state index is -1.06. The molecule has 1 N–H and O–H groups in total. The van der Waals surface area contributed by atoms with Crippen LogP contribution in [0.3, 0.4) is 0 Å². The lowest BCUT2D eigenvalue weighted by molar-refractivity contribution is -0.137. The van der Waals surface area contributed by atoms with Gasteiger partial charge in [0, 0.05) is 10.0 Å². The van der Waals surface area contributed by atoms with Crippen molar-refractivity contribution in [3.63, 3.8) is 0 Å². The van der Waals surface area contributed by atoms with Crippen LogP contribution in [0.15, 0.2) is 53.6 Å². The lowest BCUT2D eigenvalue weighted by Crippen LogP contribution is -2.36. The van der Waals surface area contributed by atoms with Crippen LogP contribution in [0.1, 0.15) is 5.56 Å². The smallest absolute Gasteiger partial charge is 0.355 e. The molecule has 7 nitrogen and oxygen atoms in total. The van der Waals surface area contributed by atoms with Crippen LogP contribution in [0.5, 0.6) is 0 Å². The fourth-order valence-corrected chi connectivity index (χ4v) is 3.69. The van der Waals surface area contributed by atoms with Crippen LogP contribution in [0.2, 0.25) is 10.0 Å². The Balaban J connectivity index is 1.54. The Kier molecular flexibility index (Phi) is 4.78. The topological polar surface area (TPSA) is 88.1 Å². The Morgan fingerprint density at radius 2 is 1.75 bits per heavy atom. The van der Waals surface area contributed by atoms with Crippen molar-refractivity contribution in [2.75, 3.05) is 4.90 Å². The van der Waals surface area contributed by atoms with Gasteiger partial charge in [-0.25, -0.2) is 9.69 Å². The highest BCUT2D eigenvalue weighted by Gasteiger charge is 2.55. The van der Waals surface area contributed by atoms with Crippen LogP contribution in [0.25, 0.3) is 0 Å². The average Bonchev–Trinajstić information content (AvgIpc) is 3.20. The lowest BCUT2D eigenvalue weighted by Gasteiger charge is -2.16. The molecule has 2 aromatic carbocycles. The number of hydrazone groups is 1. The second-order valence-electron chi connectivity index (χ2n) is 6.28. The average molecular weight is 418 g/mol. The monoisotopic (exact) mass is 417 g/mol. The second kappa shape index (κ2) is 7.26. The van der Waals surface area contributed by atoms with E-state index in [0.717, 1.165) is 10.5 Å². The third-order valence-corrected chi connectivity index (χ3v) is 4.89. The van der Waals surface area contributed by atoms with Crippen molar-refractivity contribution in [3.8, 4) is 0 Å². The third-order valence-electron chi connectivity index (χ3n) is 4.45. The number of amides is 2. The number of anilines is 1. The van der Waals surface area contributed by atoms with Crippen LogP contribution >= 0.6 is 23.2 Å². The number of rotatable bonds is 4. The molecule has 2 heterocycles. The van der Waals surface area contributed by atoms with E-state index in [9.17, 15) is 14.4 Å². The van der Waals surface area contributed by atoms with Crippen LogP contribution in [-0.4, -0.2) is 29.5 Å². The van der Waals surface area contributed by atoms with Crippen molar-refractivity contribution in [1.29, 1.82) is 0 Å². The van der Waals surface area contributed by atoms with Gasteiger partial charge in [-0.3, -0.25) is 15.0 Å². The summed E-state index contributed by atoms with van der Waals surface area (Å²) < 4.78 is 5.25. The Morgan fingerprint density at radius 1 is 1.07 bits per heavy atom. The second-order valence-corrected chi connectivity index (χ2v) is 7.16. The molecule has 1 fully saturated rings. The molecular weight excluding hydrogens is 405 g/mol. The van der Waals surface area contributed by atoms with E-state index < -0.39 is 29.7 Å². The molecule has 0 saturated carbocycles. The van der Waals surface area contributed by atoms with E-state index in [0.29, 0.717) is 0 Å². The number of nitrogens with one attached hydrogen (secondary N) is 1. The fraction of sp³-hybridized carbons (Fsp3) is 0.158. The summed E-state index contributed by atoms with van der Waals surface area (Å²) in [6, 6.07) is 12.5. The first kappa shape index (κ1) is 18.5. The number of carbonyl (C=O) groups is 3. The van der Waals surface area contributed by atoms with Crippen molar-refractivity contribution in [3.05, 3.63) is 64.1 Å². The molecule has 2 aliphatic rings. The first-order valence-electron chi connectivity index (χ1n) is 8.34. The Labute approximate surface area is 169 Å². The molecule has 28 heavy (non-hydrogen) atoms. The number of fused-ring (bicyclic) bond motifs is 1. The molecular formula is C19H13Cl2N3O4. The highest BCUT2D eigenvalue weighted by atomic mass is 35.5. The summed E-state index contributed by atoms with van der Waals surface area (Å²) in [6.07, 6.45) is 0. The summed E-state index contributed by atoms with van der Waals surface area (Å²) in [5.74, 6) is -2.94. The highest BCUT2D eigenvalue weighted by molar-refractivity contribution is 6.46. The number of hydrogen-bond donors (Lipinski definition) is 1. The maximum Gasteiger partial charge on any atom is 0.355 e. The Bertz CT molecular complexity index is 989. The molecule has 2 atom stereocenters. The van der Waals surface area contributed by atoms with Gasteiger partial charge < -0.3 is 4.74 Å². The molecule has 0 bridgehead atoms. The molecule has 142 valence electrons. The van der Waals surface area contributed by atoms with Crippen molar-refractivity contribution in [2.45, 2.75) is 12.6 Å². The molecule has 4 rings (SSSR count). The van der Waals surface area contributed by atoms with Crippen LogP contribution < -0.4 is 10.3 Å².